The van der Waals surface area contributed by atoms with Gasteiger partial charge in [-0.25, -0.2) is 4.99 Å². The Labute approximate surface area is 92.6 Å². The lowest BCUT2D eigenvalue weighted by Crippen LogP contribution is -2.03. The second-order valence-electron chi connectivity index (χ2n) is 3.53. The second kappa shape index (κ2) is 3.28. The molecule has 3 heteroatoms. The van der Waals surface area contributed by atoms with E-state index in [1.54, 1.807) is 11.8 Å². The zero-order valence-electron chi connectivity index (χ0n) is 8.10. The van der Waals surface area contributed by atoms with E-state index in [2.05, 4.69) is 23.2 Å². The Morgan fingerprint density at radius 1 is 1.33 bits per heavy atom. The van der Waals surface area contributed by atoms with E-state index in [1.165, 1.54) is 4.91 Å². The van der Waals surface area contributed by atoms with Crippen molar-refractivity contribution in [2.45, 2.75) is 11.3 Å². The lowest BCUT2D eigenvalue weighted by molar-refractivity contribution is 1.32. The molecule has 1 heterocycles. The Morgan fingerprint density at radius 2 is 2.27 bits per heavy atom. The average Bonchev–Trinajstić information content (AvgIpc) is 2.26. The molecule has 3 rings (SSSR count). The van der Waals surface area contributed by atoms with E-state index in [9.17, 15) is 0 Å². The van der Waals surface area contributed by atoms with Crippen molar-refractivity contribution in [1.82, 2.24) is 0 Å². The Bertz CT molecular complexity index is 512. The Morgan fingerprint density at radius 3 is 3.20 bits per heavy atom. The number of thioether (sulfide) groups is 1. The highest BCUT2D eigenvalue weighted by atomic mass is 32.2. The third kappa shape index (κ3) is 1.49. The molecule has 2 N–H and O–H groups in total. The van der Waals surface area contributed by atoms with Gasteiger partial charge in [0, 0.05) is 15.5 Å². The van der Waals surface area contributed by atoms with Gasteiger partial charge in [-0.15, -0.1) is 0 Å². The fourth-order valence-electron chi connectivity index (χ4n) is 1.68. The zero-order chi connectivity index (χ0) is 10.3. The van der Waals surface area contributed by atoms with E-state index >= 15 is 0 Å². The summed E-state index contributed by atoms with van der Waals surface area (Å²) in [6.45, 7) is 0. The number of hydrogen-bond donors (Lipinski definition) is 1. The number of benzene rings is 1. The van der Waals surface area contributed by atoms with Gasteiger partial charge in [0.1, 0.15) is 0 Å². The van der Waals surface area contributed by atoms with Crippen molar-refractivity contribution in [3.63, 3.8) is 0 Å². The van der Waals surface area contributed by atoms with Gasteiger partial charge in [0.15, 0.2) is 0 Å². The highest BCUT2D eigenvalue weighted by Gasteiger charge is 2.17. The summed E-state index contributed by atoms with van der Waals surface area (Å²) in [6.07, 6.45) is 7.42. The highest BCUT2D eigenvalue weighted by molar-refractivity contribution is 8.04. The molecule has 0 unspecified atom stereocenters. The molecule has 0 radical (unpaired) electrons. The number of hydrogen-bond acceptors (Lipinski definition) is 3. The van der Waals surface area contributed by atoms with Crippen molar-refractivity contribution in [3.8, 4) is 0 Å². The Hall–Kier alpha value is -1.48. The SMILES string of the molecule is Nc1ccc2c(c1)SC1=CCC=CC1=N2. The number of rotatable bonds is 0. The molecule has 1 aromatic carbocycles. The standard InChI is InChI=1S/C12H10N2S/c13-8-5-6-10-12(7-8)15-11-4-2-1-3-9(11)14-10/h1,3-7H,2,13H2. The fraction of sp³-hybridized carbons (Fsp3) is 0.0833. The first-order valence-corrected chi connectivity index (χ1v) is 5.68. The minimum absolute atomic E-state index is 0.798. The first-order chi connectivity index (χ1) is 7.33. The van der Waals surface area contributed by atoms with Gasteiger partial charge < -0.3 is 5.73 Å². The van der Waals surface area contributed by atoms with Crippen LogP contribution in [0, 0.1) is 0 Å². The normalized spacial score (nSPS) is 17.6. The molecule has 0 saturated heterocycles. The van der Waals surface area contributed by atoms with Crippen molar-refractivity contribution in [3.05, 3.63) is 41.3 Å². The van der Waals surface area contributed by atoms with Gasteiger partial charge in [-0.05, 0) is 30.7 Å². The highest BCUT2D eigenvalue weighted by Crippen LogP contribution is 2.42. The van der Waals surface area contributed by atoms with Crippen LogP contribution < -0.4 is 5.73 Å². The van der Waals surface area contributed by atoms with Gasteiger partial charge in [-0.3, -0.25) is 0 Å². The molecule has 1 aliphatic carbocycles. The van der Waals surface area contributed by atoms with Crippen molar-refractivity contribution in [2.24, 2.45) is 4.99 Å². The van der Waals surface area contributed by atoms with Crippen LogP contribution in [-0.4, -0.2) is 5.71 Å². The van der Waals surface area contributed by atoms with Crippen LogP contribution in [0.4, 0.5) is 11.4 Å². The van der Waals surface area contributed by atoms with Gasteiger partial charge in [0.2, 0.25) is 0 Å². The van der Waals surface area contributed by atoms with Crippen molar-refractivity contribution in [2.75, 3.05) is 5.73 Å². The summed E-state index contributed by atoms with van der Waals surface area (Å²) in [5.41, 5.74) is 8.65. The number of anilines is 1. The molecule has 0 atom stereocenters. The van der Waals surface area contributed by atoms with Crippen LogP contribution in [0.2, 0.25) is 0 Å². The summed E-state index contributed by atoms with van der Waals surface area (Å²) in [4.78, 5) is 6.99. The number of nitrogens with two attached hydrogens (primary N) is 1. The monoisotopic (exact) mass is 214 g/mol. The van der Waals surface area contributed by atoms with E-state index in [0.29, 0.717) is 0 Å². The van der Waals surface area contributed by atoms with E-state index in [1.807, 2.05) is 18.2 Å². The maximum absolute atomic E-state index is 5.75. The average molecular weight is 214 g/mol. The summed E-state index contributed by atoms with van der Waals surface area (Å²) in [7, 11) is 0. The predicted molar refractivity (Wildman–Crippen MR) is 65.6 cm³/mol. The Balaban J connectivity index is 2.15. The van der Waals surface area contributed by atoms with Crippen LogP contribution in [0.3, 0.4) is 0 Å². The van der Waals surface area contributed by atoms with E-state index in [0.717, 1.165) is 28.4 Å². The van der Waals surface area contributed by atoms with Gasteiger partial charge in [-0.2, -0.15) is 0 Å². The number of fused-ring (bicyclic) bond motifs is 2. The summed E-state index contributed by atoms with van der Waals surface area (Å²) in [6, 6.07) is 5.86. The van der Waals surface area contributed by atoms with E-state index in [4.69, 9.17) is 5.73 Å². The molecule has 2 aliphatic rings. The van der Waals surface area contributed by atoms with Gasteiger partial charge in [0.05, 0.1) is 11.4 Å². The topological polar surface area (TPSA) is 38.4 Å². The molecule has 15 heavy (non-hydrogen) atoms. The van der Waals surface area contributed by atoms with E-state index < -0.39 is 0 Å². The lowest BCUT2D eigenvalue weighted by atomic mass is 10.1. The molecular formula is C12H10N2S. The molecule has 0 bridgehead atoms. The lowest BCUT2D eigenvalue weighted by Gasteiger charge is -2.18. The van der Waals surface area contributed by atoms with Crippen LogP contribution in [0.15, 0.2) is 51.2 Å². The Kier molecular flexibility index (Phi) is 1.92. The van der Waals surface area contributed by atoms with Gasteiger partial charge >= 0.3 is 0 Å². The first-order valence-electron chi connectivity index (χ1n) is 4.86. The van der Waals surface area contributed by atoms with Crippen LogP contribution in [0.1, 0.15) is 6.42 Å². The molecule has 0 fully saturated rings. The quantitative estimate of drug-likeness (QED) is 0.673. The third-order valence-corrected chi connectivity index (χ3v) is 3.55. The minimum Gasteiger partial charge on any atom is -0.399 e. The van der Waals surface area contributed by atoms with Gasteiger partial charge in [0.25, 0.3) is 0 Å². The van der Waals surface area contributed by atoms with Crippen molar-refractivity contribution < 1.29 is 0 Å². The molecule has 1 aliphatic heterocycles. The van der Waals surface area contributed by atoms with E-state index in [-0.39, 0.29) is 0 Å². The second-order valence-corrected chi connectivity index (χ2v) is 4.62. The maximum atomic E-state index is 5.75. The first kappa shape index (κ1) is 8.80. The summed E-state index contributed by atoms with van der Waals surface area (Å²) < 4.78 is 0. The molecule has 0 aromatic heterocycles. The third-order valence-electron chi connectivity index (χ3n) is 2.41. The molecule has 0 spiro atoms. The fourth-order valence-corrected chi connectivity index (χ4v) is 2.73. The van der Waals surface area contributed by atoms with Crippen LogP contribution in [0.5, 0.6) is 0 Å². The van der Waals surface area contributed by atoms with Crippen LogP contribution >= 0.6 is 11.8 Å². The number of nitrogens with zero attached hydrogens (tertiary/aromatic N) is 1. The summed E-state index contributed by atoms with van der Waals surface area (Å²) in [5.74, 6) is 0. The predicted octanol–water partition coefficient (Wildman–Crippen LogP) is 3.29. The minimum atomic E-state index is 0.798. The number of nitrogen functional groups attached to an aromatic ring is 1. The van der Waals surface area contributed by atoms with Crippen LogP contribution in [0.25, 0.3) is 0 Å². The van der Waals surface area contributed by atoms with Crippen molar-refractivity contribution >= 4 is 28.8 Å². The molecule has 74 valence electrons. The molecule has 0 amide bonds. The zero-order valence-corrected chi connectivity index (χ0v) is 8.92. The molecule has 0 saturated carbocycles. The van der Waals surface area contributed by atoms with Crippen molar-refractivity contribution in [1.29, 1.82) is 0 Å². The summed E-state index contributed by atoms with van der Waals surface area (Å²) >= 11 is 1.75. The number of allylic oxidation sites excluding steroid dienone is 4. The molecule has 2 nitrogen and oxygen atoms in total. The smallest absolute Gasteiger partial charge is 0.0778 e. The number of aliphatic imine (C=N–C) groups is 1. The maximum Gasteiger partial charge on any atom is 0.0778 e. The summed E-state index contributed by atoms with van der Waals surface area (Å²) in [5, 5.41) is 0. The van der Waals surface area contributed by atoms with Gasteiger partial charge in [-0.1, -0.05) is 23.9 Å². The van der Waals surface area contributed by atoms with Crippen LogP contribution in [-0.2, 0) is 0 Å². The largest absolute Gasteiger partial charge is 0.399 e. The molecule has 1 aromatic rings. The molecular weight excluding hydrogens is 204 g/mol.